The number of aryl methyl sites for hydroxylation is 1. The van der Waals surface area contributed by atoms with Crippen LogP contribution in [-0.2, 0) is 0 Å². The first-order valence-electron chi connectivity index (χ1n) is 6.46. The van der Waals surface area contributed by atoms with Crippen LogP contribution in [0.1, 0.15) is 16.1 Å². The summed E-state index contributed by atoms with van der Waals surface area (Å²) in [5.74, 6) is -0.0792. The fourth-order valence-electron chi connectivity index (χ4n) is 2.01. The number of carbonyl (C=O) groups excluding carboxylic acids is 1. The zero-order valence-corrected chi connectivity index (χ0v) is 11.4. The van der Waals surface area contributed by atoms with Crippen LogP contribution in [-0.4, -0.2) is 24.1 Å². The van der Waals surface area contributed by atoms with Crippen molar-refractivity contribution < 1.29 is 18.7 Å². The predicted octanol–water partition coefficient (Wildman–Crippen LogP) is 2.55. The third-order valence-electron chi connectivity index (χ3n) is 2.99. The molecule has 3 rings (SSSR count). The SMILES string of the molecule is Cc1cnc(C(=O)Nc2ccc3c(c2)OCCO3)c(F)c1. The minimum absolute atomic E-state index is 0.240. The highest BCUT2D eigenvalue weighted by atomic mass is 19.1. The Kier molecular flexibility index (Phi) is 3.43. The van der Waals surface area contributed by atoms with E-state index in [1.165, 1.54) is 12.3 Å². The van der Waals surface area contributed by atoms with Gasteiger partial charge in [0.2, 0.25) is 0 Å². The molecule has 5 nitrogen and oxygen atoms in total. The van der Waals surface area contributed by atoms with Gasteiger partial charge < -0.3 is 14.8 Å². The second kappa shape index (κ2) is 5.40. The molecular weight excluding hydrogens is 275 g/mol. The summed E-state index contributed by atoms with van der Waals surface area (Å²) in [4.78, 5) is 15.8. The number of ether oxygens (including phenoxy) is 2. The Morgan fingerprint density at radius 3 is 2.76 bits per heavy atom. The lowest BCUT2D eigenvalue weighted by Crippen LogP contribution is -2.17. The van der Waals surface area contributed by atoms with Crippen LogP contribution < -0.4 is 14.8 Å². The number of amides is 1. The van der Waals surface area contributed by atoms with Gasteiger partial charge in [-0.2, -0.15) is 0 Å². The number of nitrogens with one attached hydrogen (secondary N) is 1. The molecule has 1 aliphatic heterocycles. The van der Waals surface area contributed by atoms with E-state index in [2.05, 4.69) is 10.3 Å². The van der Waals surface area contributed by atoms with Crippen molar-refractivity contribution in [1.29, 1.82) is 0 Å². The third kappa shape index (κ3) is 2.79. The second-order valence-corrected chi connectivity index (χ2v) is 4.66. The number of aromatic nitrogens is 1. The number of pyridine rings is 1. The van der Waals surface area contributed by atoms with Gasteiger partial charge in [-0.1, -0.05) is 0 Å². The van der Waals surface area contributed by atoms with Crippen molar-refractivity contribution in [2.45, 2.75) is 6.92 Å². The van der Waals surface area contributed by atoms with Gasteiger partial charge in [-0.05, 0) is 30.7 Å². The molecule has 0 aliphatic carbocycles. The molecule has 0 spiro atoms. The van der Waals surface area contributed by atoms with Crippen LogP contribution in [0.15, 0.2) is 30.5 Å². The molecule has 0 atom stereocenters. The highest BCUT2D eigenvalue weighted by Gasteiger charge is 2.16. The number of anilines is 1. The van der Waals surface area contributed by atoms with E-state index in [9.17, 15) is 9.18 Å². The van der Waals surface area contributed by atoms with E-state index in [0.717, 1.165) is 0 Å². The van der Waals surface area contributed by atoms with Crippen molar-refractivity contribution in [2.24, 2.45) is 0 Å². The normalized spacial score (nSPS) is 12.9. The van der Waals surface area contributed by atoms with E-state index in [-0.39, 0.29) is 5.69 Å². The van der Waals surface area contributed by atoms with Crippen LogP contribution in [0.4, 0.5) is 10.1 Å². The lowest BCUT2D eigenvalue weighted by Gasteiger charge is -2.19. The molecule has 2 aromatic rings. The highest BCUT2D eigenvalue weighted by molar-refractivity contribution is 6.03. The summed E-state index contributed by atoms with van der Waals surface area (Å²) in [6, 6.07) is 6.27. The van der Waals surface area contributed by atoms with Gasteiger partial charge in [-0.15, -0.1) is 0 Å². The fourth-order valence-corrected chi connectivity index (χ4v) is 2.01. The van der Waals surface area contributed by atoms with Crippen LogP contribution in [0.25, 0.3) is 0 Å². The molecule has 0 radical (unpaired) electrons. The Bertz CT molecular complexity index is 703. The summed E-state index contributed by atoms with van der Waals surface area (Å²) in [5, 5.41) is 2.59. The quantitative estimate of drug-likeness (QED) is 0.922. The topological polar surface area (TPSA) is 60.5 Å². The smallest absolute Gasteiger partial charge is 0.277 e. The predicted molar refractivity (Wildman–Crippen MR) is 74.3 cm³/mol. The van der Waals surface area contributed by atoms with Crippen LogP contribution in [0.3, 0.4) is 0 Å². The zero-order chi connectivity index (χ0) is 14.8. The number of hydrogen-bond acceptors (Lipinski definition) is 4. The van der Waals surface area contributed by atoms with Gasteiger partial charge in [0, 0.05) is 18.0 Å². The third-order valence-corrected chi connectivity index (χ3v) is 2.99. The number of fused-ring (bicyclic) bond motifs is 1. The number of benzene rings is 1. The largest absolute Gasteiger partial charge is 0.486 e. The number of carbonyl (C=O) groups is 1. The summed E-state index contributed by atoms with van der Waals surface area (Å²) in [6.07, 6.45) is 1.45. The number of hydrogen-bond donors (Lipinski definition) is 1. The first kappa shape index (κ1) is 13.4. The van der Waals surface area contributed by atoms with Crippen molar-refractivity contribution in [1.82, 2.24) is 4.98 Å². The molecule has 0 bridgehead atoms. The van der Waals surface area contributed by atoms with Crippen molar-refractivity contribution >= 4 is 11.6 Å². The molecule has 0 saturated carbocycles. The van der Waals surface area contributed by atoms with E-state index < -0.39 is 11.7 Å². The number of nitrogens with zero attached hydrogens (tertiary/aromatic N) is 1. The molecule has 1 N–H and O–H groups in total. The van der Waals surface area contributed by atoms with Gasteiger partial charge in [0.1, 0.15) is 13.2 Å². The fraction of sp³-hybridized carbons (Fsp3) is 0.200. The molecule has 1 aliphatic rings. The van der Waals surface area contributed by atoms with E-state index >= 15 is 0 Å². The molecule has 0 unspecified atom stereocenters. The Balaban J connectivity index is 1.81. The average molecular weight is 288 g/mol. The maximum Gasteiger partial charge on any atom is 0.277 e. The van der Waals surface area contributed by atoms with Crippen LogP contribution >= 0.6 is 0 Å². The van der Waals surface area contributed by atoms with Gasteiger partial charge in [-0.25, -0.2) is 9.37 Å². The van der Waals surface area contributed by atoms with Crippen LogP contribution in [0.5, 0.6) is 11.5 Å². The maximum absolute atomic E-state index is 13.7. The van der Waals surface area contributed by atoms with Crippen LogP contribution in [0, 0.1) is 12.7 Å². The number of halogens is 1. The highest BCUT2D eigenvalue weighted by Crippen LogP contribution is 2.32. The Hall–Kier alpha value is -2.63. The van der Waals surface area contributed by atoms with Gasteiger partial charge in [0.05, 0.1) is 0 Å². The van der Waals surface area contributed by atoms with Crippen molar-refractivity contribution in [3.05, 3.63) is 47.5 Å². The molecular formula is C15H13FN2O3. The van der Waals surface area contributed by atoms with E-state index in [1.54, 1.807) is 25.1 Å². The van der Waals surface area contributed by atoms with E-state index in [1.807, 2.05) is 0 Å². The van der Waals surface area contributed by atoms with Crippen LogP contribution in [0.2, 0.25) is 0 Å². The summed E-state index contributed by atoms with van der Waals surface area (Å²) in [7, 11) is 0. The van der Waals surface area contributed by atoms with Gasteiger partial charge in [0.15, 0.2) is 23.0 Å². The average Bonchev–Trinajstić information content (AvgIpc) is 2.47. The van der Waals surface area contributed by atoms with Crippen molar-refractivity contribution in [3.63, 3.8) is 0 Å². The molecule has 2 heterocycles. The Morgan fingerprint density at radius 2 is 2.00 bits per heavy atom. The Morgan fingerprint density at radius 1 is 1.24 bits per heavy atom. The summed E-state index contributed by atoms with van der Waals surface area (Å²) >= 11 is 0. The van der Waals surface area contributed by atoms with E-state index in [0.29, 0.717) is 36.0 Å². The van der Waals surface area contributed by atoms with Gasteiger partial charge in [-0.3, -0.25) is 4.79 Å². The first-order valence-corrected chi connectivity index (χ1v) is 6.46. The minimum Gasteiger partial charge on any atom is -0.486 e. The van der Waals surface area contributed by atoms with Gasteiger partial charge >= 0.3 is 0 Å². The second-order valence-electron chi connectivity index (χ2n) is 4.66. The minimum atomic E-state index is -0.648. The molecule has 1 aromatic heterocycles. The Labute approximate surface area is 120 Å². The number of rotatable bonds is 2. The van der Waals surface area contributed by atoms with E-state index in [4.69, 9.17) is 9.47 Å². The van der Waals surface area contributed by atoms with Crippen molar-refractivity contribution in [2.75, 3.05) is 18.5 Å². The molecule has 0 fully saturated rings. The standard InChI is InChI=1S/C15H13FN2O3/c1-9-6-11(16)14(17-8-9)15(19)18-10-2-3-12-13(7-10)21-5-4-20-12/h2-3,6-8H,4-5H2,1H3,(H,18,19). The monoisotopic (exact) mass is 288 g/mol. The molecule has 6 heteroatoms. The summed E-state index contributed by atoms with van der Waals surface area (Å²) in [6.45, 7) is 2.66. The first-order chi connectivity index (χ1) is 10.1. The lowest BCUT2D eigenvalue weighted by molar-refractivity contribution is 0.101. The summed E-state index contributed by atoms with van der Waals surface area (Å²) < 4.78 is 24.5. The molecule has 1 amide bonds. The summed E-state index contributed by atoms with van der Waals surface area (Å²) in [5.41, 5.74) is 0.907. The molecule has 0 saturated heterocycles. The molecule has 108 valence electrons. The zero-order valence-electron chi connectivity index (χ0n) is 11.4. The van der Waals surface area contributed by atoms with Gasteiger partial charge in [0.25, 0.3) is 5.91 Å². The molecule has 1 aromatic carbocycles. The maximum atomic E-state index is 13.7. The lowest BCUT2D eigenvalue weighted by atomic mass is 10.2. The molecule has 21 heavy (non-hydrogen) atoms. The van der Waals surface area contributed by atoms with Crippen molar-refractivity contribution in [3.8, 4) is 11.5 Å².